The monoisotopic (exact) mass is 286 g/mol. The van der Waals surface area contributed by atoms with Crippen molar-refractivity contribution in [2.75, 3.05) is 0 Å². The van der Waals surface area contributed by atoms with E-state index < -0.39 is 0 Å². The Labute approximate surface area is 127 Å². The molecule has 4 aromatic rings. The number of fused-ring (bicyclic) bond motifs is 2. The summed E-state index contributed by atoms with van der Waals surface area (Å²) in [5, 5.41) is 10.9. The van der Waals surface area contributed by atoms with E-state index in [1.165, 1.54) is 10.8 Å². The minimum absolute atomic E-state index is 0.544. The van der Waals surface area contributed by atoms with Gasteiger partial charge in [-0.3, -0.25) is 0 Å². The maximum Gasteiger partial charge on any atom is 0.247 e. The molecule has 1 N–H and O–H groups in total. The molecule has 4 rings (SSSR count). The van der Waals surface area contributed by atoms with Crippen molar-refractivity contribution >= 4 is 27.8 Å². The number of para-hydroxylation sites is 2. The molecule has 0 saturated carbocycles. The average Bonchev–Trinajstić information content (AvgIpc) is 2.97. The van der Waals surface area contributed by atoms with Crippen LogP contribution >= 0.6 is 0 Å². The molecule has 0 amide bonds. The van der Waals surface area contributed by atoms with Crippen molar-refractivity contribution in [3.05, 3.63) is 72.3 Å². The SMILES string of the molecule is c1ccc2cc(CN=Nc3nc4ccccc4[nH]3)ccc2c1. The maximum atomic E-state index is 4.38. The van der Waals surface area contributed by atoms with Crippen molar-refractivity contribution in [3.8, 4) is 0 Å². The van der Waals surface area contributed by atoms with Crippen LogP contribution in [0.3, 0.4) is 0 Å². The van der Waals surface area contributed by atoms with E-state index in [1.54, 1.807) is 0 Å². The van der Waals surface area contributed by atoms with E-state index in [1.807, 2.05) is 36.4 Å². The highest BCUT2D eigenvalue weighted by Gasteiger charge is 2.00. The lowest BCUT2D eigenvalue weighted by Gasteiger charge is -1.99. The molecule has 4 nitrogen and oxygen atoms in total. The summed E-state index contributed by atoms with van der Waals surface area (Å²) in [5.41, 5.74) is 3.02. The number of nitrogens with one attached hydrogen (secondary N) is 1. The van der Waals surface area contributed by atoms with Crippen LogP contribution < -0.4 is 0 Å². The van der Waals surface area contributed by atoms with Gasteiger partial charge < -0.3 is 4.98 Å². The largest absolute Gasteiger partial charge is 0.321 e. The van der Waals surface area contributed by atoms with Crippen LogP contribution in [-0.2, 0) is 6.54 Å². The maximum absolute atomic E-state index is 4.38. The van der Waals surface area contributed by atoms with Crippen LogP contribution in [0.2, 0.25) is 0 Å². The van der Waals surface area contributed by atoms with Gasteiger partial charge in [0.1, 0.15) is 0 Å². The Bertz CT molecular complexity index is 936. The van der Waals surface area contributed by atoms with Crippen molar-refractivity contribution in [3.63, 3.8) is 0 Å². The summed E-state index contributed by atoms with van der Waals surface area (Å²) in [7, 11) is 0. The highest BCUT2D eigenvalue weighted by atomic mass is 15.2. The Morgan fingerprint density at radius 1 is 0.864 bits per heavy atom. The number of H-pyrrole nitrogens is 1. The van der Waals surface area contributed by atoms with Crippen LogP contribution in [0.15, 0.2) is 77.0 Å². The highest BCUT2D eigenvalue weighted by Crippen LogP contribution is 2.18. The lowest BCUT2D eigenvalue weighted by atomic mass is 10.1. The molecule has 0 spiro atoms. The Balaban J connectivity index is 1.55. The minimum Gasteiger partial charge on any atom is -0.321 e. The topological polar surface area (TPSA) is 53.4 Å². The number of nitrogens with zero attached hydrogens (tertiary/aromatic N) is 3. The first-order chi connectivity index (χ1) is 10.9. The lowest BCUT2D eigenvalue weighted by molar-refractivity contribution is 0.941. The van der Waals surface area contributed by atoms with Gasteiger partial charge in [0, 0.05) is 0 Å². The standard InChI is InChI=1S/C18H14N4/c1-2-6-15-11-13(9-10-14(15)5-1)12-19-22-18-20-16-7-3-4-8-17(16)21-18/h1-11H,12H2,(H,20,21). The predicted molar refractivity (Wildman–Crippen MR) is 88.3 cm³/mol. The lowest BCUT2D eigenvalue weighted by Crippen LogP contribution is -1.81. The number of azo groups is 1. The Kier molecular flexibility index (Phi) is 3.12. The van der Waals surface area contributed by atoms with E-state index in [4.69, 9.17) is 0 Å². The average molecular weight is 286 g/mol. The van der Waals surface area contributed by atoms with E-state index >= 15 is 0 Å². The van der Waals surface area contributed by atoms with Gasteiger partial charge in [-0.25, -0.2) is 4.98 Å². The molecule has 0 fully saturated rings. The van der Waals surface area contributed by atoms with E-state index in [0.29, 0.717) is 12.5 Å². The Morgan fingerprint density at radius 2 is 1.68 bits per heavy atom. The molecular weight excluding hydrogens is 272 g/mol. The van der Waals surface area contributed by atoms with Crippen LogP contribution in [0.4, 0.5) is 5.95 Å². The van der Waals surface area contributed by atoms with E-state index in [0.717, 1.165) is 16.6 Å². The van der Waals surface area contributed by atoms with Gasteiger partial charge in [-0.05, 0) is 34.5 Å². The number of benzene rings is 3. The molecule has 4 heteroatoms. The molecule has 22 heavy (non-hydrogen) atoms. The van der Waals surface area contributed by atoms with Gasteiger partial charge in [-0.15, -0.1) is 5.11 Å². The molecule has 0 aliphatic rings. The molecule has 1 heterocycles. The Hall–Kier alpha value is -3.01. The summed E-state index contributed by atoms with van der Waals surface area (Å²) in [6, 6.07) is 22.5. The number of hydrogen-bond acceptors (Lipinski definition) is 3. The summed E-state index contributed by atoms with van der Waals surface area (Å²) in [6.45, 7) is 0.544. The fraction of sp³-hybridized carbons (Fsp3) is 0.0556. The summed E-state index contributed by atoms with van der Waals surface area (Å²) < 4.78 is 0. The number of hydrogen-bond donors (Lipinski definition) is 1. The minimum atomic E-state index is 0.544. The van der Waals surface area contributed by atoms with E-state index in [9.17, 15) is 0 Å². The molecular formula is C18H14N4. The van der Waals surface area contributed by atoms with Gasteiger partial charge in [0.2, 0.25) is 5.95 Å². The van der Waals surface area contributed by atoms with Crippen molar-refractivity contribution in [1.29, 1.82) is 0 Å². The molecule has 0 unspecified atom stereocenters. The Morgan fingerprint density at radius 3 is 2.59 bits per heavy atom. The molecule has 3 aromatic carbocycles. The quantitative estimate of drug-likeness (QED) is 0.529. The second-order valence-corrected chi connectivity index (χ2v) is 5.16. The van der Waals surface area contributed by atoms with Crippen molar-refractivity contribution in [1.82, 2.24) is 9.97 Å². The van der Waals surface area contributed by atoms with Gasteiger partial charge in [0.25, 0.3) is 0 Å². The summed E-state index contributed by atoms with van der Waals surface area (Å²) in [5.74, 6) is 0.544. The zero-order valence-electron chi connectivity index (χ0n) is 11.9. The summed E-state index contributed by atoms with van der Waals surface area (Å²) in [6.07, 6.45) is 0. The van der Waals surface area contributed by atoms with E-state index in [2.05, 4.69) is 50.5 Å². The molecule has 0 aliphatic heterocycles. The second-order valence-electron chi connectivity index (χ2n) is 5.16. The predicted octanol–water partition coefficient (Wildman–Crippen LogP) is 5.00. The number of aromatic nitrogens is 2. The first-order valence-electron chi connectivity index (χ1n) is 7.18. The number of aromatic amines is 1. The first kappa shape index (κ1) is 12.7. The van der Waals surface area contributed by atoms with Crippen LogP contribution in [0.1, 0.15) is 5.56 Å². The van der Waals surface area contributed by atoms with Crippen LogP contribution in [-0.4, -0.2) is 9.97 Å². The zero-order chi connectivity index (χ0) is 14.8. The molecule has 0 aliphatic carbocycles. The van der Waals surface area contributed by atoms with Crippen molar-refractivity contribution in [2.45, 2.75) is 6.54 Å². The molecule has 0 radical (unpaired) electrons. The van der Waals surface area contributed by atoms with Gasteiger partial charge >= 0.3 is 0 Å². The molecule has 0 saturated heterocycles. The van der Waals surface area contributed by atoms with Gasteiger partial charge in [-0.2, -0.15) is 5.11 Å². The molecule has 106 valence electrons. The van der Waals surface area contributed by atoms with Crippen molar-refractivity contribution in [2.24, 2.45) is 10.2 Å². The van der Waals surface area contributed by atoms with Crippen LogP contribution in [0, 0.1) is 0 Å². The third-order valence-electron chi connectivity index (χ3n) is 3.61. The molecule has 0 bridgehead atoms. The zero-order valence-corrected chi connectivity index (χ0v) is 11.9. The third-order valence-corrected chi connectivity index (χ3v) is 3.61. The first-order valence-corrected chi connectivity index (χ1v) is 7.18. The van der Waals surface area contributed by atoms with Crippen LogP contribution in [0.5, 0.6) is 0 Å². The summed E-state index contributed by atoms with van der Waals surface area (Å²) in [4.78, 5) is 7.52. The van der Waals surface area contributed by atoms with Crippen molar-refractivity contribution < 1.29 is 0 Å². The van der Waals surface area contributed by atoms with Crippen LogP contribution in [0.25, 0.3) is 21.8 Å². The highest BCUT2D eigenvalue weighted by molar-refractivity contribution is 5.83. The van der Waals surface area contributed by atoms with E-state index in [-0.39, 0.29) is 0 Å². The molecule has 1 aromatic heterocycles. The van der Waals surface area contributed by atoms with Gasteiger partial charge in [0.05, 0.1) is 17.6 Å². The van der Waals surface area contributed by atoms with Gasteiger partial charge in [0.15, 0.2) is 0 Å². The third kappa shape index (κ3) is 2.46. The fourth-order valence-electron chi connectivity index (χ4n) is 2.51. The number of rotatable bonds is 3. The number of imidazole rings is 1. The second kappa shape index (κ2) is 5.41. The fourth-order valence-corrected chi connectivity index (χ4v) is 2.51. The van der Waals surface area contributed by atoms with Gasteiger partial charge in [-0.1, -0.05) is 48.5 Å². The molecule has 0 atom stereocenters. The normalized spacial score (nSPS) is 11.6. The smallest absolute Gasteiger partial charge is 0.247 e. The summed E-state index contributed by atoms with van der Waals surface area (Å²) >= 11 is 0.